The van der Waals surface area contributed by atoms with Crippen molar-refractivity contribution in [1.29, 1.82) is 0 Å². The third kappa shape index (κ3) is 3.82. The van der Waals surface area contributed by atoms with Crippen LogP contribution in [0.15, 0.2) is 45.2 Å². The molecule has 0 aliphatic carbocycles. The van der Waals surface area contributed by atoms with Crippen LogP contribution in [-0.4, -0.2) is 15.5 Å². The molecular formula is C16H23N5S. The standard InChI is InChI=1S/C16H23N5S/c1-4-21-13(10-19-16(17)18)20-14(11(2)3)15(21)22-12-8-6-5-7-9-12/h5-9,11H,4,10H2,1-3H3,(H4,17,18,19). The second kappa shape index (κ2) is 7.35. The summed E-state index contributed by atoms with van der Waals surface area (Å²) in [5.74, 6) is 1.34. The van der Waals surface area contributed by atoms with Crippen LogP contribution in [0.25, 0.3) is 0 Å². The summed E-state index contributed by atoms with van der Waals surface area (Å²) >= 11 is 1.74. The number of benzene rings is 1. The Morgan fingerprint density at radius 3 is 2.50 bits per heavy atom. The molecule has 0 fully saturated rings. The van der Waals surface area contributed by atoms with E-state index in [-0.39, 0.29) is 5.96 Å². The second-order valence-corrected chi connectivity index (χ2v) is 6.34. The summed E-state index contributed by atoms with van der Waals surface area (Å²) in [5, 5.41) is 1.17. The van der Waals surface area contributed by atoms with E-state index in [1.807, 2.05) is 18.2 Å². The molecule has 0 saturated carbocycles. The average molecular weight is 317 g/mol. The zero-order chi connectivity index (χ0) is 16.1. The molecule has 0 radical (unpaired) electrons. The Balaban J connectivity index is 2.43. The van der Waals surface area contributed by atoms with Crippen molar-refractivity contribution >= 4 is 17.7 Å². The maximum absolute atomic E-state index is 5.45. The van der Waals surface area contributed by atoms with Gasteiger partial charge < -0.3 is 16.0 Å². The third-order valence-electron chi connectivity index (χ3n) is 3.25. The van der Waals surface area contributed by atoms with Crippen LogP contribution in [0.2, 0.25) is 0 Å². The summed E-state index contributed by atoms with van der Waals surface area (Å²) in [4.78, 5) is 10.1. The molecule has 22 heavy (non-hydrogen) atoms. The van der Waals surface area contributed by atoms with Crippen LogP contribution in [0.1, 0.15) is 38.2 Å². The molecule has 2 aromatic rings. The largest absolute Gasteiger partial charge is 0.370 e. The molecule has 0 amide bonds. The van der Waals surface area contributed by atoms with Gasteiger partial charge >= 0.3 is 0 Å². The number of aliphatic imine (C=N–C) groups is 1. The molecule has 1 aromatic carbocycles. The van der Waals surface area contributed by atoms with E-state index < -0.39 is 0 Å². The first-order valence-corrected chi connectivity index (χ1v) is 8.22. The lowest BCUT2D eigenvalue weighted by Gasteiger charge is -2.10. The highest BCUT2D eigenvalue weighted by Gasteiger charge is 2.19. The lowest BCUT2D eigenvalue weighted by Crippen LogP contribution is -2.23. The van der Waals surface area contributed by atoms with E-state index in [0.29, 0.717) is 12.5 Å². The summed E-state index contributed by atoms with van der Waals surface area (Å²) < 4.78 is 2.19. The molecule has 5 nitrogen and oxygen atoms in total. The molecule has 118 valence electrons. The first-order chi connectivity index (χ1) is 10.5. The van der Waals surface area contributed by atoms with Gasteiger partial charge in [-0.25, -0.2) is 9.98 Å². The van der Waals surface area contributed by atoms with Gasteiger partial charge in [0.25, 0.3) is 0 Å². The highest BCUT2D eigenvalue weighted by atomic mass is 32.2. The van der Waals surface area contributed by atoms with Gasteiger partial charge in [0.1, 0.15) is 17.4 Å². The molecule has 0 saturated heterocycles. The van der Waals surface area contributed by atoms with E-state index in [9.17, 15) is 0 Å². The number of imidazole rings is 1. The number of guanidine groups is 1. The number of hydrogen-bond donors (Lipinski definition) is 2. The maximum atomic E-state index is 5.45. The lowest BCUT2D eigenvalue weighted by atomic mass is 10.1. The minimum Gasteiger partial charge on any atom is -0.370 e. The van der Waals surface area contributed by atoms with Crippen molar-refractivity contribution in [2.45, 2.75) is 49.7 Å². The normalized spacial score (nSPS) is 10.9. The summed E-state index contributed by atoms with van der Waals surface area (Å²) in [6.07, 6.45) is 0. The van der Waals surface area contributed by atoms with E-state index >= 15 is 0 Å². The van der Waals surface area contributed by atoms with Crippen LogP contribution in [-0.2, 0) is 13.1 Å². The van der Waals surface area contributed by atoms with Crippen LogP contribution < -0.4 is 11.5 Å². The second-order valence-electron chi connectivity index (χ2n) is 5.27. The monoisotopic (exact) mass is 317 g/mol. The first-order valence-electron chi connectivity index (χ1n) is 7.40. The molecule has 1 aromatic heterocycles. The Kier molecular flexibility index (Phi) is 5.49. The zero-order valence-electron chi connectivity index (χ0n) is 13.3. The molecule has 6 heteroatoms. The van der Waals surface area contributed by atoms with Gasteiger partial charge in [-0.1, -0.05) is 43.8 Å². The highest BCUT2D eigenvalue weighted by Crippen LogP contribution is 2.34. The first kappa shape index (κ1) is 16.4. The average Bonchev–Trinajstić information content (AvgIpc) is 2.84. The van der Waals surface area contributed by atoms with E-state index in [0.717, 1.165) is 18.1 Å². The van der Waals surface area contributed by atoms with Gasteiger partial charge in [0, 0.05) is 11.4 Å². The van der Waals surface area contributed by atoms with Crippen LogP contribution in [0.4, 0.5) is 0 Å². The van der Waals surface area contributed by atoms with Crippen LogP contribution in [0.3, 0.4) is 0 Å². The van der Waals surface area contributed by atoms with Gasteiger partial charge in [-0.15, -0.1) is 0 Å². The Hall–Kier alpha value is -1.95. The summed E-state index contributed by atoms with van der Waals surface area (Å²) in [6, 6.07) is 10.3. The van der Waals surface area contributed by atoms with E-state index in [4.69, 9.17) is 16.5 Å². The van der Waals surface area contributed by atoms with Crippen LogP contribution in [0, 0.1) is 0 Å². The lowest BCUT2D eigenvalue weighted by molar-refractivity contribution is 0.645. The number of nitrogens with zero attached hydrogens (tertiary/aromatic N) is 3. The van der Waals surface area contributed by atoms with Crippen LogP contribution in [0.5, 0.6) is 0 Å². The molecule has 0 spiro atoms. The molecule has 0 aliphatic rings. The molecule has 2 rings (SSSR count). The Labute approximate surface area is 135 Å². The van der Waals surface area contributed by atoms with Crippen molar-refractivity contribution in [3.05, 3.63) is 41.9 Å². The minimum absolute atomic E-state index is 0.0917. The SMILES string of the molecule is CCn1c(CN=C(N)N)nc(C(C)C)c1Sc1ccccc1. The van der Waals surface area contributed by atoms with Gasteiger partial charge in [-0.3, -0.25) is 0 Å². The van der Waals surface area contributed by atoms with Crippen molar-refractivity contribution in [3.8, 4) is 0 Å². The van der Waals surface area contributed by atoms with Gasteiger partial charge in [0.15, 0.2) is 5.96 Å². The minimum atomic E-state index is 0.0917. The molecule has 1 heterocycles. The fourth-order valence-electron chi connectivity index (χ4n) is 2.20. The quantitative estimate of drug-likeness (QED) is 0.634. The van der Waals surface area contributed by atoms with Gasteiger partial charge in [-0.05, 0) is 25.0 Å². The fourth-order valence-corrected chi connectivity index (χ4v) is 3.44. The summed E-state index contributed by atoms with van der Waals surface area (Å²) in [6.45, 7) is 7.67. The molecule has 0 atom stereocenters. The predicted octanol–water partition coefficient (Wildman–Crippen LogP) is 2.95. The molecule has 0 bridgehead atoms. The van der Waals surface area contributed by atoms with Crippen LogP contribution >= 0.6 is 11.8 Å². The van der Waals surface area contributed by atoms with Gasteiger partial charge in [-0.2, -0.15) is 0 Å². The molecule has 0 unspecified atom stereocenters. The Morgan fingerprint density at radius 2 is 1.95 bits per heavy atom. The van der Waals surface area contributed by atoms with E-state index in [1.165, 1.54) is 9.92 Å². The number of nitrogens with two attached hydrogens (primary N) is 2. The maximum Gasteiger partial charge on any atom is 0.186 e. The topological polar surface area (TPSA) is 82.2 Å². The van der Waals surface area contributed by atoms with E-state index in [1.54, 1.807) is 11.8 Å². The summed E-state index contributed by atoms with van der Waals surface area (Å²) in [5.41, 5.74) is 12.0. The van der Waals surface area contributed by atoms with Gasteiger partial charge in [0.05, 0.1) is 5.69 Å². The van der Waals surface area contributed by atoms with Crippen molar-refractivity contribution in [2.24, 2.45) is 16.5 Å². The van der Waals surface area contributed by atoms with Gasteiger partial charge in [0.2, 0.25) is 0 Å². The Bertz CT molecular complexity index is 642. The van der Waals surface area contributed by atoms with Crippen molar-refractivity contribution in [3.63, 3.8) is 0 Å². The van der Waals surface area contributed by atoms with Crippen molar-refractivity contribution < 1.29 is 0 Å². The van der Waals surface area contributed by atoms with Crippen molar-refractivity contribution in [2.75, 3.05) is 0 Å². The highest BCUT2D eigenvalue weighted by molar-refractivity contribution is 7.99. The smallest absolute Gasteiger partial charge is 0.186 e. The third-order valence-corrected chi connectivity index (χ3v) is 4.38. The number of hydrogen-bond acceptors (Lipinski definition) is 3. The fraction of sp³-hybridized carbons (Fsp3) is 0.375. The number of rotatable bonds is 6. The molecular weight excluding hydrogens is 294 g/mol. The molecule has 4 N–H and O–H groups in total. The van der Waals surface area contributed by atoms with Crippen molar-refractivity contribution in [1.82, 2.24) is 9.55 Å². The zero-order valence-corrected chi connectivity index (χ0v) is 14.1. The summed E-state index contributed by atoms with van der Waals surface area (Å²) in [7, 11) is 0. The Morgan fingerprint density at radius 1 is 1.27 bits per heavy atom. The number of aromatic nitrogens is 2. The predicted molar refractivity (Wildman–Crippen MR) is 92.1 cm³/mol. The molecule has 0 aliphatic heterocycles. The van der Waals surface area contributed by atoms with E-state index in [2.05, 4.69) is 42.5 Å².